The summed E-state index contributed by atoms with van der Waals surface area (Å²) in [5, 5.41) is 2.28. The predicted octanol–water partition coefficient (Wildman–Crippen LogP) is 6.56. The van der Waals surface area contributed by atoms with Gasteiger partial charge in [0.1, 0.15) is 17.5 Å². The summed E-state index contributed by atoms with van der Waals surface area (Å²) >= 11 is 0. The van der Waals surface area contributed by atoms with Crippen LogP contribution in [-0.2, 0) is 6.42 Å². The second-order valence-corrected chi connectivity index (χ2v) is 7.23. The first-order valence-electron chi connectivity index (χ1n) is 9.51. The molecule has 0 aliphatic heterocycles. The molecule has 0 saturated heterocycles. The van der Waals surface area contributed by atoms with Crippen LogP contribution < -0.4 is 0 Å². The van der Waals surface area contributed by atoms with E-state index < -0.39 is 11.6 Å². The number of nitrogens with one attached hydrogen (secondary N) is 1. The fraction of sp³-hybridized carbons (Fsp3) is 0.0800. The SMILES string of the molecule is Cc1c(Cc2c(F)cccc2F)ccc2[nH]c(-c3cccc4ccccc34)nc12. The summed E-state index contributed by atoms with van der Waals surface area (Å²) in [7, 11) is 0. The standard InChI is InChI=1S/C25H18F2N2/c1-15-17(14-20-21(26)10-5-11-22(20)27)12-13-23-24(15)29-25(28-23)19-9-4-7-16-6-2-3-8-18(16)19/h2-13H,14H2,1H3,(H,28,29). The molecule has 4 aromatic carbocycles. The maximum atomic E-state index is 14.1. The topological polar surface area (TPSA) is 28.7 Å². The van der Waals surface area contributed by atoms with E-state index >= 15 is 0 Å². The Labute approximate surface area is 166 Å². The average Bonchev–Trinajstić information content (AvgIpc) is 3.17. The number of hydrogen-bond donors (Lipinski definition) is 1. The number of aryl methyl sites for hydroxylation is 1. The van der Waals surface area contributed by atoms with E-state index in [1.54, 1.807) is 0 Å². The molecule has 0 spiro atoms. The van der Waals surface area contributed by atoms with Gasteiger partial charge in [0.25, 0.3) is 0 Å². The summed E-state index contributed by atoms with van der Waals surface area (Å²) in [5.74, 6) is -0.264. The maximum Gasteiger partial charge on any atom is 0.139 e. The molecular weight excluding hydrogens is 366 g/mol. The molecule has 1 aromatic heterocycles. The third-order valence-electron chi connectivity index (χ3n) is 5.49. The van der Waals surface area contributed by atoms with E-state index in [0.717, 1.165) is 44.3 Å². The Morgan fingerprint density at radius 1 is 0.828 bits per heavy atom. The number of aromatic amines is 1. The lowest BCUT2D eigenvalue weighted by Gasteiger charge is -2.08. The zero-order chi connectivity index (χ0) is 20.0. The third-order valence-corrected chi connectivity index (χ3v) is 5.49. The molecule has 0 saturated carbocycles. The van der Waals surface area contributed by atoms with Gasteiger partial charge in [-0.05, 0) is 47.0 Å². The average molecular weight is 384 g/mol. The monoisotopic (exact) mass is 384 g/mol. The van der Waals surface area contributed by atoms with Gasteiger partial charge >= 0.3 is 0 Å². The zero-order valence-electron chi connectivity index (χ0n) is 15.8. The first kappa shape index (κ1) is 17.6. The second-order valence-electron chi connectivity index (χ2n) is 7.23. The van der Waals surface area contributed by atoms with Crippen LogP contribution in [0, 0.1) is 18.6 Å². The van der Waals surface area contributed by atoms with Gasteiger partial charge in [-0.1, -0.05) is 54.6 Å². The molecule has 0 fully saturated rings. The van der Waals surface area contributed by atoms with Crippen LogP contribution in [0.25, 0.3) is 33.2 Å². The van der Waals surface area contributed by atoms with Crippen molar-refractivity contribution in [1.29, 1.82) is 0 Å². The molecule has 0 aliphatic rings. The summed E-state index contributed by atoms with van der Waals surface area (Å²) < 4.78 is 28.2. The first-order chi connectivity index (χ1) is 14.1. The summed E-state index contributed by atoms with van der Waals surface area (Å²) in [5.41, 5.74) is 4.62. The van der Waals surface area contributed by atoms with Crippen LogP contribution in [0.3, 0.4) is 0 Å². The molecule has 29 heavy (non-hydrogen) atoms. The van der Waals surface area contributed by atoms with Crippen LogP contribution in [0.2, 0.25) is 0 Å². The fourth-order valence-electron chi connectivity index (χ4n) is 3.90. The van der Waals surface area contributed by atoms with Gasteiger partial charge in [0, 0.05) is 17.5 Å². The van der Waals surface area contributed by atoms with Crippen molar-refractivity contribution in [3.63, 3.8) is 0 Å². The van der Waals surface area contributed by atoms with Crippen LogP contribution in [0.5, 0.6) is 0 Å². The lowest BCUT2D eigenvalue weighted by molar-refractivity contribution is 0.561. The van der Waals surface area contributed by atoms with Crippen molar-refractivity contribution < 1.29 is 8.78 Å². The summed E-state index contributed by atoms with van der Waals surface area (Å²) in [4.78, 5) is 8.24. The molecule has 0 amide bonds. The van der Waals surface area contributed by atoms with Crippen LogP contribution in [0.4, 0.5) is 8.78 Å². The second kappa shape index (κ2) is 6.82. The molecule has 1 N–H and O–H groups in total. The van der Waals surface area contributed by atoms with Gasteiger partial charge in [-0.2, -0.15) is 0 Å². The number of H-pyrrole nitrogens is 1. The Balaban J connectivity index is 1.62. The minimum atomic E-state index is -0.525. The zero-order valence-corrected chi connectivity index (χ0v) is 15.8. The van der Waals surface area contributed by atoms with E-state index in [1.165, 1.54) is 18.2 Å². The highest BCUT2D eigenvalue weighted by Gasteiger charge is 2.15. The number of halogens is 2. The summed E-state index contributed by atoms with van der Waals surface area (Å²) in [6.45, 7) is 1.95. The van der Waals surface area contributed by atoms with E-state index in [-0.39, 0.29) is 12.0 Å². The van der Waals surface area contributed by atoms with Crippen LogP contribution in [-0.4, -0.2) is 9.97 Å². The highest BCUT2D eigenvalue weighted by atomic mass is 19.1. The van der Waals surface area contributed by atoms with Crippen molar-refractivity contribution in [3.05, 3.63) is 101 Å². The molecule has 0 bridgehead atoms. The minimum absolute atomic E-state index is 0.0831. The number of imidazole rings is 1. The number of nitrogens with zero attached hydrogens (tertiary/aromatic N) is 1. The van der Waals surface area contributed by atoms with Crippen molar-refractivity contribution in [1.82, 2.24) is 9.97 Å². The summed E-state index contributed by atoms with van der Waals surface area (Å²) in [6, 6.07) is 22.1. The fourth-order valence-corrected chi connectivity index (χ4v) is 3.90. The number of hydrogen-bond acceptors (Lipinski definition) is 1. The minimum Gasteiger partial charge on any atom is -0.338 e. The summed E-state index contributed by atoms with van der Waals surface area (Å²) in [6.07, 6.45) is 0.191. The Morgan fingerprint density at radius 2 is 1.55 bits per heavy atom. The lowest BCUT2D eigenvalue weighted by Crippen LogP contribution is -1.99. The number of rotatable bonds is 3. The largest absolute Gasteiger partial charge is 0.338 e. The Morgan fingerprint density at radius 3 is 2.38 bits per heavy atom. The van der Waals surface area contributed by atoms with Crippen molar-refractivity contribution in [3.8, 4) is 11.4 Å². The smallest absolute Gasteiger partial charge is 0.139 e. The van der Waals surface area contributed by atoms with Gasteiger partial charge in [0.15, 0.2) is 0 Å². The van der Waals surface area contributed by atoms with E-state index in [0.29, 0.717) is 0 Å². The lowest BCUT2D eigenvalue weighted by atomic mass is 9.99. The third kappa shape index (κ3) is 2.97. The molecule has 0 unspecified atom stereocenters. The van der Waals surface area contributed by atoms with Gasteiger partial charge in [0.05, 0.1) is 11.0 Å². The highest BCUT2D eigenvalue weighted by molar-refractivity contribution is 5.96. The number of aromatic nitrogens is 2. The number of benzene rings is 4. The molecule has 2 nitrogen and oxygen atoms in total. The molecule has 0 aliphatic carbocycles. The van der Waals surface area contributed by atoms with Crippen LogP contribution in [0.15, 0.2) is 72.8 Å². The van der Waals surface area contributed by atoms with Crippen LogP contribution in [0.1, 0.15) is 16.7 Å². The van der Waals surface area contributed by atoms with Gasteiger partial charge < -0.3 is 4.98 Å². The Bertz CT molecular complexity index is 1340. The molecule has 142 valence electrons. The Hall–Kier alpha value is -3.53. The molecule has 5 rings (SSSR count). The van der Waals surface area contributed by atoms with E-state index in [1.807, 2.05) is 43.3 Å². The van der Waals surface area contributed by atoms with Crippen molar-refractivity contribution in [2.24, 2.45) is 0 Å². The van der Waals surface area contributed by atoms with Gasteiger partial charge in [0.2, 0.25) is 0 Å². The molecule has 0 atom stereocenters. The predicted molar refractivity (Wildman–Crippen MR) is 113 cm³/mol. The van der Waals surface area contributed by atoms with Crippen molar-refractivity contribution in [2.75, 3.05) is 0 Å². The molecular formula is C25H18F2N2. The van der Waals surface area contributed by atoms with Gasteiger partial charge in [-0.15, -0.1) is 0 Å². The van der Waals surface area contributed by atoms with Crippen molar-refractivity contribution in [2.45, 2.75) is 13.3 Å². The first-order valence-corrected chi connectivity index (χ1v) is 9.51. The highest BCUT2D eigenvalue weighted by Crippen LogP contribution is 2.30. The Kier molecular flexibility index (Phi) is 4.13. The van der Waals surface area contributed by atoms with Crippen LogP contribution >= 0.6 is 0 Å². The molecule has 4 heteroatoms. The van der Waals surface area contributed by atoms with E-state index in [9.17, 15) is 8.78 Å². The molecule has 1 heterocycles. The van der Waals surface area contributed by atoms with Gasteiger partial charge in [-0.25, -0.2) is 13.8 Å². The number of fused-ring (bicyclic) bond motifs is 2. The van der Waals surface area contributed by atoms with E-state index in [2.05, 4.69) is 23.2 Å². The van der Waals surface area contributed by atoms with Gasteiger partial charge in [-0.3, -0.25) is 0 Å². The normalized spacial score (nSPS) is 11.4. The van der Waals surface area contributed by atoms with E-state index in [4.69, 9.17) is 4.98 Å². The quantitative estimate of drug-likeness (QED) is 0.375. The van der Waals surface area contributed by atoms with Crippen molar-refractivity contribution >= 4 is 21.8 Å². The molecule has 0 radical (unpaired) electrons. The maximum absolute atomic E-state index is 14.1. The molecule has 5 aromatic rings.